The molecule has 0 aliphatic heterocycles. The molecule has 0 radical (unpaired) electrons. The quantitative estimate of drug-likeness (QED) is 0.855. The van der Waals surface area contributed by atoms with E-state index in [0.29, 0.717) is 24.1 Å². The summed E-state index contributed by atoms with van der Waals surface area (Å²) >= 11 is 3.33. The zero-order chi connectivity index (χ0) is 14.4. The number of halogens is 1. The van der Waals surface area contributed by atoms with Crippen molar-refractivity contribution >= 4 is 28.1 Å². The van der Waals surface area contributed by atoms with Crippen molar-refractivity contribution in [1.29, 1.82) is 0 Å². The van der Waals surface area contributed by atoms with Crippen molar-refractivity contribution < 1.29 is 9.59 Å². The molecule has 0 heterocycles. The Hall–Kier alpha value is -1.94. The Morgan fingerprint density at radius 3 is 2.50 bits per heavy atom. The van der Waals surface area contributed by atoms with Crippen molar-refractivity contribution in [2.75, 3.05) is 6.54 Å². The summed E-state index contributed by atoms with van der Waals surface area (Å²) in [5.41, 5.74) is 2.24. The van der Waals surface area contributed by atoms with Crippen LogP contribution >= 0.6 is 15.9 Å². The van der Waals surface area contributed by atoms with Crippen LogP contribution in [0.5, 0.6) is 0 Å². The van der Waals surface area contributed by atoms with Crippen LogP contribution in [0.2, 0.25) is 0 Å². The summed E-state index contributed by atoms with van der Waals surface area (Å²) in [6, 6.07) is 14.6. The van der Waals surface area contributed by atoms with E-state index in [1.807, 2.05) is 30.3 Å². The Kier molecular flexibility index (Phi) is 5.07. The van der Waals surface area contributed by atoms with Gasteiger partial charge >= 0.3 is 0 Å². The topological polar surface area (TPSA) is 46.2 Å². The van der Waals surface area contributed by atoms with Gasteiger partial charge < -0.3 is 5.32 Å². The fourth-order valence-corrected chi connectivity index (χ4v) is 2.16. The molecule has 0 aliphatic rings. The van der Waals surface area contributed by atoms with Gasteiger partial charge in [0.05, 0.1) is 0 Å². The first-order valence-electron chi connectivity index (χ1n) is 6.27. The Morgan fingerprint density at radius 2 is 1.80 bits per heavy atom. The predicted octanol–water partition coefficient (Wildman–Crippen LogP) is 3.23. The highest BCUT2D eigenvalue weighted by atomic mass is 79.9. The highest BCUT2D eigenvalue weighted by Crippen LogP contribution is 2.10. The number of aldehydes is 1. The van der Waals surface area contributed by atoms with Crippen molar-refractivity contribution in [1.82, 2.24) is 5.32 Å². The number of amides is 1. The summed E-state index contributed by atoms with van der Waals surface area (Å²) in [6.45, 7) is 0.500. The molecule has 0 fully saturated rings. The number of nitrogens with one attached hydrogen (secondary N) is 1. The number of benzene rings is 2. The van der Waals surface area contributed by atoms with Gasteiger partial charge in [0.1, 0.15) is 6.29 Å². The molecule has 20 heavy (non-hydrogen) atoms. The lowest BCUT2D eigenvalue weighted by Gasteiger charge is -2.07. The van der Waals surface area contributed by atoms with Crippen molar-refractivity contribution in [2.45, 2.75) is 6.42 Å². The van der Waals surface area contributed by atoms with Gasteiger partial charge in [-0.25, -0.2) is 0 Å². The second kappa shape index (κ2) is 7.01. The van der Waals surface area contributed by atoms with E-state index in [-0.39, 0.29) is 5.91 Å². The second-order valence-corrected chi connectivity index (χ2v) is 5.25. The summed E-state index contributed by atoms with van der Waals surface area (Å²) in [5, 5.41) is 2.85. The van der Waals surface area contributed by atoms with Gasteiger partial charge in [-0.05, 0) is 36.2 Å². The average Bonchev–Trinajstić information content (AvgIpc) is 2.48. The maximum atomic E-state index is 11.9. The van der Waals surface area contributed by atoms with E-state index in [4.69, 9.17) is 0 Å². The molecule has 0 unspecified atom stereocenters. The van der Waals surface area contributed by atoms with Gasteiger partial charge in [-0.1, -0.05) is 40.2 Å². The molecule has 1 N–H and O–H groups in total. The Labute approximate surface area is 126 Å². The van der Waals surface area contributed by atoms with Crippen LogP contribution in [0.3, 0.4) is 0 Å². The van der Waals surface area contributed by atoms with Crippen LogP contribution in [-0.4, -0.2) is 18.7 Å². The van der Waals surface area contributed by atoms with Gasteiger partial charge in [-0.3, -0.25) is 9.59 Å². The zero-order valence-electron chi connectivity index (χ0n) is 10.8. The number of hydrogen-bond acceptors (Lipinski definition) is 2. The largest absolute Gasteiger partial charge is 0.352 e. The Balaban J connectivity index is 1.91. The van der Waals surface area contributed by atoms with Crippen LogP contribution in [0.4, 0.5) is 0 Å². The number of hydrogen-bond donors (Lipinski definition) is 1. The number of rotatable bonds is 5. The van der Waals surface area contributed by atoms with Gasteiger partial charge in [0.25, 0.3) is 5.91 Å². The first kappa shape index (κ1) is 14.5. The predicted molar refractivity (Wildman–Crippen MR) is 82.0 cm³/mol. The first-order chi connectivity index (χ1) is 9.70. The third-order valence-corrected chi connectivity index (χ3v) is 3.50. The van der Waals surface area contributed by atoms with Crippen LogP contribution < -0.4 is 5.32 Å². The SMILES string of the molecule is O=Cc1ccccc1CCNC(=O)c1ccc(Br)cc1. The van der Waals surface area contributed by atoms with E-state index in [0.717, 1.165) is 16.3 Å². The Morgan fingerprint density at radius 1 is 1.10 bits per heavy atom. The summed E-state index contributed by atoms with van der Waals surface area (Å²) in [4.78, 5) is 22.8. The summed E-state index contributed by atoms with van der Waals surface area (Å²) in [6.07, 6.45) is 1.48. The maximum absolute atomic E-state index is 11.9. The zero-order valence-corrected chi connectivity index (χ0v) is 12.4. The van der Waals surface area contributed by atoms with E-state index in [1.165, 1.54) is 0 Å². The van der Waals surface area contributed by atoms with Gasteiger partial charge in [-0.15, -0.1) is 0 Å². The number of carbonyl (C=O) groups excluding carboxylic acids is 2. The molecule has 0 bridgehead atoms. The normalized spacial score (nSPS) is 10.1. The summed E-state index contributed by atoms with van der Waals surface area (Å²) in [5.74, 6) is -0.110. The van der Waals surface area contributed by atoms with Crippen molar-refractivity contribution in [2.24, 2.45) is 0 Å². The van der Waals surface area contributed by atoms with Gasteiger partial charge in [0.2, 0.25) is 0 Å². The van der Waals surface area contributed by atoms with Gasteiger partial charge in [0.15, 0.2) is 0 Å². The lowest BCUT2D eigenvalue weighted by Crippen LogP contribution is -2.25. The molecular weight excluding hydrogens is 318 g/mol. The molecule has 0 atom stereocenters. The van der Waals surface area contributed by atoms with Crippen LogP contribution in [0, 0.1) is 0 Å². The first-order valence-corrected chi connectivity index (χ1v) is 7.07. The molecule has 2 rings (SSSR count). The lowest BCUT2D eigenvalue weighted by atomic mass is 10.1. The van der Waals surface area contributed by atoms with Crippen LogP contribution in [0.25, 0.3) is 0 Å². The standard InChI is InChI=1S/C16H14BrNO2/c17-15-7-5-13(6-8-15)16(20)18-10-9-12-3-1-2-4-14(12)11-19/h1-8,11H,9-10H2,(H,18,20). The Bertz CT molecular complexity index is 608. The molecular formula is C16H14BrNO2. The van der Waals surface area contributed by atoms with Crippen molar-refractivity contribution in [3.8, 4) is 0 Å². The lowest BCUT2D eigenvalue weighted by molar-refractivity contribution is 0.0954. The minimum atomic E-state index is -0.110. The fraction of sp³-hybridized carbons (Fsp3) is 0.125. The highest BCUT2D eigenvalue weighted by molar-refractivity contribution is 9.10. The molecule has 102 valence electrons. The molecule has 2 aromatic rings. The molecule has 0 spiro atoms. The van der Waals surface area contributed by atoms with Crippen LogP contribution in [0.15, 0.2) is 53.0 Å². The molecule has 0 saturated heterocycles. The molecule has 4 heteroatoms. The van der Waals surface area contributed by atoms with E-state index in [9.17, 15) is 9.59 Å². The molecule has 1 amide bonds. The van der Waals surface area contributed by atoms with E-state index in [1.54, 1.807) is 18.2 Å². The third kappa shape index (κ3) is 3.78. The monoisotopic (exact) mass is 331 g/mol. The minimum absolute atomic E-state index is 0.110. The summed E-state index contributed by atoms with van der Waals surface area (Å²) < 4.78 is 0.939. The van der Waals surface area contributed by atoms with Crippen LogP contribution in [-0.2, 0) is 6.42 Å². The summed E-state index contributed by atoms with van der Waals surface area (Å²) in [7, 11) is 0. The van der Waals surface area contributed by atoms with Crippen molar-refractivity contribution in [3.05, 3.63) is 69.7 Å². The molecule has 0 aliphatic carbocycles. The van der Waals surface area contributed by atoms with E-state index >= 15 is 0 Å². The number of carbonyl (C=O) groups is 2. The molecule has 2 aromatic carbocycles. The van der Waals surface area contributed by atoms with E-state index < -0.39 is 0 Å². The average molecular weight is 332 g/mol. The maximum Gasteiger partial charge on any atom is 0.251 e. The smallest absolute Gasteiger partial charge is 0.251 e. The molecule has 0 aromatic heterocycles. The molecule has 3 nitrogen and oxygen atoms in total. The minimum Gasteiger partial charge on any atom is -0.352 e. The van der Waals surface area contributed by atoms with Gasteiger partial charge in [0, 0.05) is 22.1 Å². The van der Waals surface area contributed by atoms with Crippen LogP contribution in [0.1, 0.15) is 26.3 Å². The second-order valence-electron chi connectivity index (χ2n) is 4.33. The fourth-order valence-electron chi connectivity index (χ4n) is 1.89. The van der Waals surface area contributed by atoms with Gasteiger partial charge in [-0.2, -0.15) is 0 Å². The van der Waals surface area contributed by atoms with Crippen molar-refractivity contribution in [3.63, 3.8) is 0 Å². The van der Waals surface area contributed by atoms with E-state index in [2.05, 4.69) is 21.2 Å². The third-order valence-electron chi connectivity index (χ3n) is 2.97. The molecule has 0 saturated carbocycles. The highest BCUT2D eigenvalue weighted by Gasteiger charge is 2.05.